The first-order valence-corrected chi connectivity index (χ1v) is 6.21. The Bertz CT molecular complexity index is 449. The molecule has 0 heterocycles. The SMILES string of the molecule is COc1ccc(C#CCCCCN)c(OC)c1Cl. The lowest BCUT2D eigenvalue weighted by molar-refractivity contribution is 0.394. The second-order valence-electron chi connectivity index (χ2n) is 3.71. The predicted octanol–water partition coefficient (Wildman–Crippen LogP) is 2.84. The van der Waals surface area contributed by atoms with Crippen molar-refractivity contribution in [1.82, 2.24) is 0 Å². The van der Waals surface area contributed by atoms with Crippen LogP contribution in [0.2, 0.25) is 5.02 Å². The van der Waals surface area contributed by atoms with Gasteiger partial charge in [0.2, 0.25) is 0 Å². The molecule has 3 nitrogen and oxygen atoms in total. The molecule has 2 N–H and O–H groups in total. The molecular formula is C14H18ClNO2. The van der Waals surface area contributed by atoms with Crippen LogP contribution in [0.15, 0.2) is 12.1 Å². The average Bonchev–Trinajstić information content (AvgIpc) is 2.39. The van der Waals surface area contributed by atoms with Crippen LogP contribution in [-0.4, -0.2) is 20.8 Å². The topological polar surface area (TPSA) is 44.5 Å². The van der Waals surface area contributed by atoms with Crippen molar-refractivity contribution < 1.29 is 9.47 Å². The molecule has 0 aliphatic carbocycles. The summed E-state index contributed by atoms with van der Waals surface area (Å²) < 4.78 is 10.4. The first-order chi connectivity index (χ1) is 8.74. The van der Waals surface area contributed by atoms with Crippen molar-refractivity contribution in [2.24, 2.45) is 5.73 Å². The van der Waals surface area contributed by atoms with Gasteiger partial charge < -0.3 is 15.2 Å². The fourth-order valence-electron chi connectivity index (χ4n) is 1.51. The third-order valence-electron chi connectivity index (χ3n) is 2.46. The van der Waals surface area contributed by atoms with Gasteiger partial charge in [0.1, 0.15) is 10.8 Å². The minimum absolute atomic E-state index is 0.453. The number of nitrogens with two attached hydrogens (primary N) is 1. The molecule has 1 rings (SSSR count). The molecule has 0 fully saturated rings. The fraction of sp³-hybridized carbons (Fsp3) is 0.429. The molecule has 0 spiro atoms. The van der Waals surface area contributed by atoms with Gasteiger partial charge in [-0.15, -0.1) is 0 Å². The number of unbranched alkanes of at least 4 members (excludes halogenated alkanes) is 2. The normalized spacial score (nSPS) is 9.56. The van der Waals surface area contributed by atoms with E-state index in [0.29, 0.717) is 23.1 Å². The maximum Gasteiger partial charge on any atom is 0.156 e. The van der Waals surface area contributed by atoms with Gasteiger partial charge in [0.05, 0.1) is 19.8 Å². The van der Waals surface area contributed by atoms with Gasteiger partial charge in [-0.05, 0) is 31.5 Å². The van der Waals surface area contributed by atoms with Gasteiger partial charge in [0.25, 0.3) is 0 Å². The van der Waals surface area contributed by atoms with Gasteiger partial charge in [-0.3, -0.25) is 0 Å². The molecule has 1 aromatic carbocycles. The molecule has 4 heteroatoms. The lowest BCUT2D eigenvalue weighted by atomic mass is 10.1. The summed E-state index contributed by atoms with van der Waals surface area (Å²) >= 11 is 6.14. The van der Waals surface area contributed by atoms with Crippen molar-refractivity contribution >= 4 is 11.6 Å². The molecule has 0 aliphatic rings. The maximum absolute atomic E-state index is 6.14. The Morgan fingerprint density at radius 3 is 2.61 bits per heavy atom. The van der Waals surface area contributed by atoms with E-state index in [1.165, 1.54) is 0 Å². The first-order valence-electron chi connectivity index (χ1n) is 5.84. The Balaban J connectivity index is 2.85. The van der Waals surface area contributed by atoms with E-state index in [1.807, 2.05) is 6.07 Å². The third-order valence-corrected chi connectivity index (χ3v) is 2.82. The third kappa shape index (κ3) is 3.83. The van der Waals surface area contributed by atoms with Gasteiger partial charge in [0.15, 0.2) is 5.75 Å². The summed E-state index contributed by atoms with van der Waals surface area (Å²) in [5.41, 5.74) is 6.19. The standard InChI is InChI=1S/C14H18ClNO2/c1-17-12-9-8-11(14(18-2)13(12)15)7-5-3-4-6-10-16/h8-9H,3-4,6,10,16H2,1-2H3. The van der Waals surface area contributed by atoms with Gasteiger partial charge in [0, 0.05) is 6.42 Å². The van der Waals surface area contributed by atoms with Crippen LogP contribution in [0.5, 0.6) is 11.5 Å². The van der Waals surface area contributed by atoms with Crippen LogP contribution in [0.1, 0.15) is 24.8 Å². The van der Waals surface area contributed by atoms with E-state index in [9.17, 15) is 0 Å². The van der Waals surface area contributed by atoms with Crippen LogP contribution in [-0.2, 0) is 0 Å². The van der Waals surface area contributed by atoms with Crippen LogP contribution in [0, 0.1) is 11.8 Å². The lowest BCUT2D eigenvalue weighted by Crippen LogP contribution is -1.97. The van der Waals surface area contributed by atoms with Crippen LogP contribution in [0.4, 0.5) is 0 Å². The van der Waals surface area contributed by atoms with E-state index in [2.05, 4.69) is 11.8 Å². The summed E-state index contributed by atoms with van der Waals surface area (Å²) in [6, 6.07) is 3.63. The highest BCUT2D eigenvalue weighted by molar-refractivity contribution is 6.33. The smallest absolute Gasteiger partial charge is 0.156 e. The molecule has 0 atom stereocenters. The summed E-state index contributed by atoms with van der Waals surface area (Å²) in [4.78, 5) is 0. The Morgan fingerprint density at radius 1 is 1.22 bits per heavy atom. The summed E-state index contributed by atoms with van der Waals surface area (Å²) in [5, 5.41) is 0.453. The van der Waals surface area contributed by atoms with E-state index < -0.39 is 0 Å². The zero-order valence-corrected chi connectivity index (χ0v) is 11.5. The number of halogens is 1. The number of benzene rings is 1. The van der Waals surface area contributed by atoms with E-state index in [0.717, 1.165) is 24.8 Å². The molecule has 0 amide bonds. The second kappa shape index (κ2) is 7.86. The highest BCUT2D eigenvalue weighted by atomic mass is 35.5. The zero-order chi connectivity index (χ0) is 13.4. The molecule has 0 bridgehead atoms. The molecule has 0 aromatic heterocycles. The molecule has 0 aliphatic heterocycles. The lowest BCUT2D eigenvalue weighted by Gasteiger charge is -2.09. The molecular weight excluding hydrogens is 250 g/mol. The van der Waals surface area contributed by atoms with Gasteiger partial charge >= 0.3 is 0 Å². The van der Waals surface area contributed by atoms with E-state index >= 15 is 0 Å². The van der Waals surface area contributed by atoms with Crippen LogP contribution in [0.3, 0.4) is 0 Å². The van der Waals surface area contributed by atoms with Crippen molar-refractivity contribution in [2.45, 2.75) is 19.3 Å². The number of hydrogen-bond acceptors (Lipinski definition) is 3. The Hall–Kier alpha value is -1.37. The summed E-state index contributed by atoms with van der Waals surface area (Å²) in [6.45, 7) is 0.708. The van der Waals surface area contributed by atoms with E-state index in [1.54, 1.807) is 20.3 Å². The Kier molecular flexibility index (Phi) is 6.42. The summed E-state index contributed by atoms with van der Waals surface area (Å²) in [7, 11) is 3.14. The van der Waals surface area contributed by atoms with Crippen LogP contribution >= 0.6 is 11.6 Å². The van der Waals surface area contributed by atoms with Crippen molar-refractivity contribution in [1.29, 1.82) is 0 Å². The first kappa shape index (κ1) is 14.7. The van der Waals surface area contributed by atoms with E-state index in [4.69, 9.17) is 26.8 Å². The van der Waals surface area contributed by atoms with Crippen molar-refractivity contribution in [3.05, 3.63) is 22.7 Å². The molecule has 0 radical (unpaired) electrons. The number of methoxy groups -OCH3 is 2. The van der Waals surface area contributed by atoms with Crippen LogP contribution < -0.4 is 15.2 Å². The quantitative estimate of drug-likeness (QED) is 0.659. The number of rotatable bonds is 5. The van der Waals surface area contributed by atoms with Crippen molar-refractivity contribution in [3.8, 4) is 23.3 Å². The fourth-order valence-corrected chi connectivity index (χ4v) is 1.83. The molecule has 0 saturated carbocycles. The monoisotopic (exact) mass is 267 g/mol. The number of ether oxygens (including phenoxy) is 2. The highest BCUT2D eigenvalue weighted by Crippen LogP contribution is 2.36. The summed E-state index contributed by atoms with van der Waals surface area (Å²) in [6.07, 6.45) is 2.83. The van der Waals surface area contributed by atoms with Gasteiger partial charge in [-0.1, -0.05) is 23.4 Å². The minimum atomic E-state index is 0.453. The Labute approximate surface area is 113 Å². The molecule has 0 saturated heterocycles. The van der Waals surface area contributed by atoms with Gasteiger partial charge in [-0.2, -0.15) is 0 Å². The highest BCUT2D eigenvalue weighted by Gasteiger charge is 2.11. The van der Waals surface area contributed by atoms with Crippen molar-refractivity contribution in [3.63, 3.8) is 0 Å². The molecule has 18 heavy (non-hydrogen) atoms. The number of hydrogen-bond donors (Lipinski definition) is 1. The van der Waals surface area contributed by atoms with Crippen molar-refractivity contribution in [2.75, 3.05) is 20.8 Å². The van der Waals surface area contributed by atoms with E-state index in [-0.39, 0.29) is 0 Å². The second-order valence-corrected chi connectivity index (χ2v) is 4.09. The molecule has 0 unspecified atom stereocenters. The average molecular weight is 268 g/mol. The molecule has 98 valence electrons. The van der Waals surface area contributed by atoms with Gasteiger partial charge in [-0.25, -0.2) is 0 Å². The summed E-state index contributed by atoms with van der Waals surface area (Å²) in [5.74, 6) is 7.29. The zero-order valence-electron chi connectivity index (χ0n) is 10.8. The largest absolute Gasteiger partial charge is 0.495 e. The minimum Gasteiger partial charge on any atom is -0.495 e. The predicted molar refractivity (Wildman–Crippen MR) is 74.3 cm³/mol. The molecule has 1 aromatic rings. The Morgan fingerprint density at radius 2 is 2.00 bits per heavy atom. The maximum atomic E-state index is 6.14. The van der Waals surface area contributed by atoms with Crippen LogP contribution in [0.25, 0.3) is 0 Å².